The lowest BCUT2D eigenvalue weighted by Gasteiger charge is -2.13. The average molecular weight is 261 g/mol. The third-order valence-corrected chi connectivity index (χ3v) is 4.07. The number of benzene rings is 1. The minimum Gasteiger partial charge on any atom is -0.496 e. The standard InChI is InChI=1S/C15H19NOS/c1-11-10-12(5-8-15(11)17-2)14(16)7-6-13-4-3-9-18-13/h3-5,8-10,14H,6-7,16H2,1-2H3. The van der Waals surface area contributed by atoms with Gasteiger partial charge in [0.2, 0.25) is 0 Å². The number of aryl methyl sites for hydroxylation is 2. The first-order chi connectivity index (χ1) is 8.70. The van der Waals surface area contributed by atoms with Crippen LogP contribution in [0.4, 0.5) is 0 Å². The van der Waals surface area contributed by atoms with E-state index in [4.69, 9.17) is 10.5 Å². The average Bonchev–Trinajstić information content (AvgIpc) is 2.89. The molecular weight excluding hydrogens is 242 g/mol. The fraction of sp³-hybridized carbons (Fsp3) is 0.333. The predicted octanol–water partition coefficient (Wildman–Crippen LogP) is 3.70. The van der Waals surface area contributed by atoms with E-state index in [0.717, 1.165) is 24.2 Å². The van der Waals surface area contributed by atoms with Crippen molar-refractivity contribution in [2.45, 2.75) is 25.8 Å². The van der Waals surface area contributed by atoms with Crippen molar-refractivity contribution in [2.24, 2.45) is 5.73 Å². The molecule has 0 amide bonds. The Kier molecular flexibility index (Phi) is 4.39. The van der Waals surface area contributed by atoms with Crippen LogP contribution >= 0.6 is 11.3 Å². The number of thiophene rings is 1. The van der Waals surface area contributed by atoms with Crippen LogP contribution in [0.2, 0.25) is 0 Å². The van der Waals surface area contributed by atoms with Crippen molar-refractivity contribution in [3.05, 3.63) is 51.7 Å². The topological polar surface area (TPSA) is 35.2 Å². The molecular formula is C15H19NOS. The molecule has 2 rings (SSSR count). The van der Waals surface area contributed by atoms with Crippen molar-refractivity contribution < 1.29 is 4.74 Å². The lowest BCUT2D eigenvalue weighted by molar-refractivity contribution is 0.411. The van der Waals surface area contributed by atoms with E-state index in [-0.39, 0.29) is 6.04 Å². The van der Waals surface area contributed by atoms with Crippen LogP contribution in [0.1, 0.15) is 28.5 Å². The molecule has 1 unspecified atom stereocenters. The second kappa shape index (κ2) is 6.03. The molecule has 0 aliphatic carbocycles. The minimum atomic E-state index is 0.0942. The first kappa shape index (κ1) is 13.1. The van der Waals surface area contributed by atoms with Gasteiger partial charge in [-0.2, -0.15) is 0 Å². The third-order valence-electron chi connectivity index (χ3n) is 3.13. The molecule has 0 aliphatic rings. The Morgan fingerprint density at radius 3 is 2.78 bits per heavy atom. The molecule has 0 saturated heterocycles. The van der Waals surface area contributed by atoms with E-state index in [1.165, 1.54) is 10.4 Å². The first-order valence-electron chi connectivity index (χ1n) is 6.13. The smallest absolute Gasteiger partial charge is 0.121 e. The summed E-state index contributed by atoms with van der Waals surface area (Å²) in [6.07, 6.45) is 2.02. The largest absolute Gasteiger partial charge is 0.496 e. The molecule has 18 heavy (non-hydrogen) atoms. The van der Waals surface area contributed by atoms with E-state index in [9.17, 15) is 0 Å². The van der Waals surface area contributed by atoms with Gasteiger partial charge in [0.15, 0.2) is 0 Å². The van der Waals surface area contributed by atoms with E-state index in [2.05, 4.69) is 29.6 Å². The molecule has 0 saturated carbocycles. The van der Waals surface area contributed by atoms with Crippen molar-refractivity contribution in [1.29, 1.82) is 0 Å². The molecule has 2 N–H and O–H groups in total. The number of methoxy groups -OCH3 is 1. The van der Waals surface area contributed by atoms with Gasteiger partial charge in [-0.15, -0.1) is 11.3 Å². The molecule has 1 aromatic carbocycles. The summed E-state index contributed by atoms with van der Waals surface area (Å²) in [5, 5.41) is 2.11. The fourth-order valence-electron chi connectivity index (χ4n) is 2.05. The lowest BCUT2D eigenvalue weighted by atomic mass is 10.0. The summed E-state index contributed by atoms with van der Waals surface area (Å²) in [6, 6.07) is 10.5. The number of rotatable bonds is 5. The summed E-state index contributed by atoms with van der Waals surface area (Å²) >= 11 is 1.79. The summed E-state index contributed by atoms with van der Waals surface area (Å²) in [7, 11) is 1.69. The molecule has 1 aromatic heterocycles. The maximum atomic E-state index is 6.24. The Labute approximate surface area is 112 Å². The summed E-state index contributed by atoms with van der Waals surface area (Å²) < 4.78 is 5.26. The van der Waals surface area contributed by atoms with Crippen molar-refractivity contribution in [1.82, 2.24) is 0 Å². The monoisotopic (exact) mass is 261 g/mol. The van der Waals surface area contributed by atoms with Gasteiger partial charge in [0.05, 0.1) is 7.11 Å². The van der Waals surface area contributed by atoms with Crippen LogP contribution in [0.5, 0.6) is 5.75 Å². The van der Waals surface area contributed by atoms with Gasteiger partial charge in [-0.3, -0.25) is 0 Å². The highest BCUT2D eigenvalue weighted by Gasteiger charge is 2.08. The van der Waals surface area contributed by atoms with Crippen molar-refractivity contribution in [3.63, 3.8) is 0 Å². The van der Waals surface area contributed by atoms with E-state index >= 15 is 0 Å². The van der Waals surface area contributed by atoms with Gasteiger partial charge in [0.1, 0.15) is 5.75 Å². The predicted molar refractivity (Wildman–Crippen MR) is 77.3 cm³/mol. The maximum absolute atomic E-state index is 6.24. The second-order valence-corrected chi connectivity index (χ2v) is 5.49. The fourth-order valence-corrected chi connectivity index (χ4v) is 2.78. The lowest BCUT2D eigenvalue weighted by Crippen LogP contribution is -2.11. The molecule has 2 aromatic rings. The highest BCUT2D eigenvalue weighted by molar-refractivity contribution is 7.09. The molecule has 1 atom stereocenters. The molecule has 0 spiro atoms. The van der Waals surface area contributed by atoms with Crippen LogP contribution in [-0.2, 0) is 6.42 Å². The van der Waals surface area contributed by atoms with Crippen LogP contribution < -0.4 is 10.5 Å². The van der Waals surface area contributed by atoms with Crippen molar-refractivity contribution in [3.8, 4) is 5.75 Å². The molecule has 2 nitrogen and oxygen atoms in total. The Bertz CT molecular complexity index is 493. The molecule has 0 bridgehead atoms. The van der Waals surface area contributed by atoms with Crippen molar-refractivity contribution in [2.75, 3.05) is 7.11 Å². The Balaban J connectivity index is 2.00. The second-order valence-electron chi connectivity index (χ2n) is 4.45. The number of hydrogen-bond acceptors (Lipinski definition) is 3. The van der Waals surface area contributed by atoms with E-state index in [1.54, 1.807) is 18.4 Å². The Morgan fingerprint density at radius 1 is 1.33 bits per heavy atom. The highest BCUT2D eigenvalue weighted by Crippen LogP contribution is 2.24. The molecule has 3 heteroatoms. The Morgan fingerprint density at radius 2 is 2.17 bits per heavy atom. The van der Waals surface area contributed by atoms with E-state index in [0.29, 0.717) is 0 Å². The molecule has 0 fully saturated rings. The third kappa shape index (κ3) is 3.12. The van der Waals surface area contributed by atoms with Gasteiger partial charge >= 0.3 is 0 Å². The zero-order valence-corrected chi connectivity index (χ0v) is 11.7. The van der Waals surface area contributed by atoms with Crippen LogP contribution in [0.3, 0.4) is 0 Å². The van der Waals surface area contributed by atoms with Gasteiger partial charge in [0.25, 0.3) is 0 Å². The van der Waals surface area contributed by atoms with Crippen LogP contribution in [-0.4, -0.2) is 7.11 Å². The first-order valence-corrected chi connectivity index (χ1v) is 7.01. The van der Waals surface area contributed by atoms with Gasteiger partial charge in [-0.05, 0) is 48.4 Å². The zero-order chi connectivity index (χ0) is 13.0. The number of nitrogens with two attached hydrogens (primary N) is 1. The van der Waals surface area contributed by atoms with Gasteiger partial charge in [-0.25, -0.2) is 0 Å². The molecule has 0 radical (unpaired) electrons. The van der Waals surface area contributed by atoms with Crippen LogP contribution in [0, 0.1) is 6.92 Å². The number of ether oxygens (including phenoxy) is 1. The Hall–Kier alpha value is -1.32. The zero-order valence-electron chi connectivity index (χ0n) is 10.8. The summed E-state index contributed by atoms with van der Waals surface area (Å²) in [4.78, 5) is 1.40. The van der Waals surface area contributed by atoms with Gasteiger partial charge in [0, 0.05) is 10.9 Å². The highest BCUT2D eigenvalue weighted by atomic mass is 32.1. The maximum Gasteiger partial charge on any atom is 0.121 e. The van der Waals surface area contributed by atoms with Gasteiger partial charge in [-0.1, -0.05) is 18.2 Å². The molecule has 96 valence electrons. The van der Waals surface area contributed by atoms with Crippen molar-refractivity contribution >= 4 is 11.3 Å². The molecule has 0 aliphatic heterocycles. The summed E-state index contributed by atoms with van der Waals surface area (Å²) in [6.45, 7) is 2.05. The summed E-state index contributed by atoms with van der Waals surface area (Å²) in [5.41, 5.74) is 8.56. The minimum absolute atomic E-state index is 0.0942. The van der Waals surface area contributed by atoms with E-state index in [1.807, 2.05) is 13.0 Å². The quantitative estimate of drug-likeness (QED) is 0.890. The van der Waals surface area contributed by atoms with Crippen LogP contribution in [0.15, 0.2) is 35.7 Å². The number of hydrogen-bond donors (Lipinski definition) is 1. The van der Waals surface area contributed by atoms with E-state index < -0.39 is 0 Å². The van der Waals surface area contributed by atoms with Crippen LogP contribution in [0.25, 0.3) is 0 Å². The normalized spacial score (nSPS) is 12.4. The SMILES string of the molecule is COc1ccc(C(N)CCc2cccs2)cc1C. The molecule has 1 heterocycles. The summed E-state index contributed by atoms with van der Waals surface area (Å²) in [5.74, 6) is 0.921. The van der Waals surface area contributed by atoms with Gasteiger partial charge < -0.3 is 10.5 Å².